The second-order valence-electron chi connectivity index (χ2n) is 3.13. The van der Waals surface area contributed by atoms with Gasteiger partial charge >= 0.3 is 107 Å². The van der Waals surface area contributed by atoms with Gasteiger partial charge in [0, 0.05) is 0 Å². The number of primary amides is 2. The Morgan fingerprint density at radius 2 is 0.541 bits per heavy atom. The zero-order valence-electron chi connectivity index (χ0n) is 17.2. The summed E-state index contributed by atoms with van der Waals surface area (Å²) in [5.41, 5.74) is 8.50. The number of urea groups is 1. The van der Waals surface area contributed by atoms with Crippen molar-refractivity contribution in [1.29, 1.82) is 0 Å². The molecule has 0 aliphatic heterocycles. The maximum Gasteiger partial charge on any atom is 1.00 e. The number of hydrogen-bond acceptors (Lipinski definition) is 15. The van der Waals surface area contributed by atoms with Crippen LogP contribution < -0.4 is 75.2 Å². The van der Waals surface area contributed by atoms with Gasteiger partial charge in [0.1, 0.15) is 0 Å². The molecule has 0 aromatic carbocycles. The SMILES string of the molecule is N.N.NC(N)=O.O=P(O)(O)O.O=S(=O)(O)O.O=S(=O)(O)O.O=S(=O)(O)O.O=S(=O)(O)O.O=S(=O)([O-])O.[K+]. The van der Waals surface area contributed by atoms with Crippen molar-refractivity contribution in [3.8, 4) is 0 Å². The van der Waals surface area contributed by atoms with Gasteiger partial charge in [0.15, 0.2) is 0 Å². The van der Waals surface area contributed by atoms with Gasteiger partial charge in [-0.15, -0.1) is 0 Å². The quantitative estimate of drug-likeness (QED) is 0.0478. The maximum atomic E-state index is 9.00. The van der Waals surface area contributed by atoms with Crippen LogP contribution in [0.4, 0.5) is 4.79 Å². The van der Waals surface area contributed by atoms with Crippen LogP contribution in [0.25, 0.3) is 0 Å². The van der Waals surface area contributed by atoms with Crippen LogP contribution in [0.5, 0.6) is 0 Å². The van der Waals surface area contributed by atoms with Gasteiger partial charge in [-0.3, -0.25) is 41.0 Å². The summed E-state index contributed by atoms with van der Waals surface area (Å²) in [7, 11) is -28.2. The minimum atomic E-state index is -4.92. The normalized spacial score (nSPS) is 10.1. The van der Waals surface area contributed by atoms with E-state index in [-0.39, 0.29) is 63.7 Å². The molecule has 0 fully saturated rings. The monoisotopic (exact) mass is 720 g/mol. The predicted octanol–water partition coefficient (Wildman–Crippen LogP) is -8.18. The third-order valence-corrected chi connectivity index (χ3v) is 0. The number of carbonyl (C=O) groups is 1. The van der Waals surface area contributed by atoms with Crippen LogP contribution in [-0.2, 0) is 56.6 Å². The zero-order valence-corrected chi connectivity index (χ0v) is 25.3. The Labute approximate surface area is 250 Å². The van der Waals surface area contributed by atoms with E-state index in [0.717, 1.165) is 0 Å². The van der Waals surface area contributed by atoms with Crippen LogP contribution in [0.1, 0.15) is 0 Å². The third kappa shape index (κ3) is 520000. The summed E-state index contributed by atoms with van der Waals surface area (Å²) < 4.78 is 168. The molecule has 0 saturated heterocycles. The predicted molar refractivity (Wildman–Crippen MR) is 107 cm³/mol. The molecule has 0 aliphatic carbocycles. The molecular weight excluding hydrogens is 698 g/mol. The summed E-state index contributed by atoms with van der Waals surface area (Å²) in [6.07, 6.45) is 0. The molecular formula is CH22KN4O25PS5. The smallest absolute Gasteiger partial charge is 0.726 e. The first kappa shape index (κ1) is 65.9. The van der Waals surface area contributed by atoms with Crippen LogP contribution in [0.15, 0.2) is 0 Å². The minimum absolute atomic E-state index is 0. The first-order chi connectivity index (χ1) is 13.7. The summed E-state index contributed by atoms with van der Waals surface area (Å²) in [5, 5.41) is 0. The molecule has 37 heavy (non-hydrogen) atoms. The van der Waals surface area contributed by atoms with Gasteiger partial charge in [-0.25, -0.2) is 17.8 Å². The van der Waals surface area contributed by atoms with Gasteiger partial charge in [0.25, 0.3) is 0 Å². The summed E-state index contributed by atoms with van der Waals surface area (Å²) in [5.74, 6) is 0. The van der Waals surface area contributed by atoms with Crippen molar-refractivity contribution >= 4 is 65.8 Å². The van der Waals surface area contributed by atoms with E-state index in [1.807, 2.05) is 0 Å². The molecule has 232 valence electrons. The van der Waals surface area contributed by atoms with E-state index >= 15 is 0 Å². The number of hydrogen-bond donors (Lipinski definition) is 16. The Hall–Kier alpha value is 0.286. The van der Waals surface area contributed by atoms with Crippen molar-refractivity contribution in [2.24, 2.45) is 11.5 Å². The zero-order chi connectivity index (χ0) is 30.6. The number of rotatable bonds is 0. The van der Waals surface area contributed by atoms with E-state index in [2.05, 4.69) is 11.5 Å². The van der Waals surface area contributed by atoms with Crippen molar-refractivity contribution in [3.05, 3.63) is 0 Å². The topological polar surface area (TPSA) is 593 Å². The van der Waals surface area contributed by atoms with E-state index in [1.54, 1.807) is 0 Å². The number of carbonyl (C=O) groups excluding carboxylic acids is 1. The van der Waals surface area contributed by atoms with E-state index in [0.29, 0.717) is 0 Å². The van der Waals surface area contributed by atoms with Crippen LogP contribution in [-0.4, -0.2) is 108 Å². The number of amides is 2. The molecule has 0 heterocycles. The Morgan fingerprint density at radius 1 is 0.541 bits per heavy atom. The molecule has 0 spiro atoms. The molecule has 0 atom stereocenters. The molecule has 0 aromatic heterocycles. The maximum absolute atomic E-state index is 9.00. The van der Waals surface area contributed by atoms with Gasteiger partial charge in [0.2, 0.25) is 10.4 Å². The molecule has 29 nitrogen and oxygen atoms in total. The average molecular weight is 721 g/mol. The number of phosphoric acid groups is 1. The second-order valence-corrected chi connectivity index (χ2v) is 8.60. The average Bonchev–Trinajstić information content (AvgIpc) is 2.08. The fourth-order valence-electron chi connectivity index (χ4n) is 0. The molecule has 36 heteroatoms. The van der Waals surface area contributed by atoms with Crippen LogP contribution in [0.2, 0.25) is 0 Å². The Kier molecular flexibility index (Phi) is 52.2. The van der Waals surface area contributed by atoms with E-state index < -0.39 is 65.8 Å². The third-order valence-electron chi connectivity index (χ3n) is 0. The first-order valence-corrected chi connectivity index (χ1v) is 13.6. The molecule has 0 saturated carbocycles. The minimum Gasteiger partial charge on any atom is -0.726 e. The molecule has 0 aromatic rings. The fraction of sp³-hybridized carbons (Fsp3) is 0. The van der Waals surface area contributed by atoms with Crippen molar-refractivity contribution in [2.45, 2.75) is 0 Å². The Morgan fingerprint density at radius 3 is 0.541 bits per heavy atom. The molecule has 22 N–H and O–H groups in total. The summed E-state index contributed by atoms with van der Waals surface area (Å²) >= 11 is 0. The van der Waals surface area contributed by atoms with E-state index in [1.165, 1.54) is 0 Å². The molecule has 0 bridgehead atoms. The van der Waals surface area contributed by atoms with Crippen molar-refractivity contribution in [2.75, 3.05) is 0 Å². The molecule has 0 rings (SSSR count). The Bertz CT molecular complexity index is 869. The van der Waals surface area contributed by atoms with Crippen LogP contribution >= 0.6 is 7.82 Å². The number of nitrogens with two attached hydrogens (primary N) is 2. The Balaban J connectivity index is -0.0000000284. The fourth-order valence-corrected chi connectivity index (χ4v) is 0. The van der Waals surface area contributed by atoms with Crippen LogP contribution in [0.3, 0.4) is 0 Å². The second kappa shape index (κ2) is 29.3. The molecule has 0 radical (unpaired) electrons. The summed E-state index contributed by atoms with van der Waals surface area (Å²) in [4.78, 5) is 30.6. The van der Waals surface area contributed by atoms with Gasteiger partial charge in [-0.1, -0.05) is 0 Å². The van der Waals surface area contributed by atoms with E-state index in [4.69, 9.17) is 112 Å². The summed E-state index contributed by atoms with van der Waals surface area (Å²) in [6, 6.07) is -0.833. The van der Waals surface area contributed by atoms with Crippen molar-refractivity contribution < 1.29 is 163 Å². The van der Waals surface area contributed by atoms with E-state index in [9.17, 15) is 0 Å². The molecule has 2 amide bonds. The standard InChI is InChI=1S/CH4N2O.K.2H3N.H3O4P.5H2O4S/c2-1(3)4;;;;6*1-5(2,3)4/h(H4,2,3,4);;2*1H3;(H3,1,2,3,4);5*(H2,1,2,3,4)/q;+1;;;;;;;;/p-1. The van der Waals surface area contributed by atoms with Crippen molar-refractivity contribution in [1.82, 2.24) is 12.3 Å². The molecule has 0 unspecified atom stereocenters. The van der Waals surface area contributed by atoms with Gasteiger partial charge in [-0.05, 0) is 0 Å². The summed E-state index contributed by atoms with van der Waals surface area (Å²) in [6.45, 7) is 0. The van der Waals surface area contributed by atoms with Gasteiger partial charge in [-0.2, -0.15) is 33.7 Å². The van der Waals surface area contributed by atoms with Gasteiger partial charge in [0.05, 0.1) is 0 Å². The largest absolute Gasteiger partial charge is 1.00 e. The van der Waals surface area contributed by atoms with Crippen LogP contribution in [0, 0.1) is 0 Å². The van der Waals surface area contributed by atoms with Gasteiger partial charge < -0.3 is 43.0 Å². The first-order valence-electron chi connectivity index (χ1n) is 5.04. The molecule has 0 aliphatic rings. The van der Waals surface area contributed by atoms with Crippen molar-refractivity contribution in [3.63, 3.8) is 0 Å².